The van der Waals surface area contributed by atoms with Gasteiger partial charge in [-0.25, -0.2) is 4.98 Å². The highest BCUT2D eigenvalue weighted by molar-refractivity contribution is 5.61. The molecule has 0 spiro atoms. The van der Waals surface area contributed by atoms with Crippen LogP contribution in [-0.4, -0.2) is 20.9 Å². The average Bonchev–Trinajstić information content (AvgIpc) is 3.22. The van der Waals surface area contributed by atoms with Gasteiger partial charge in [0.05, 0.1) is 4.92 Å². The Bertz CT molecular complexity index is 685. The van der Waals surface area contributed by atoms with Crippen LogP contribution < -0.4 is 10.6 Å². The zero-order valence-electron chi connectivity index (χ0n) is 11.5. The third-order valence-corrected chi connectivity index (χ3v) is 3.16. The van der Waals surface area contributed by atoms with Gasteiger partial charge in [-0.05, 0) is 37.5 Å². The first kappa shape index (κ1) is 13.3. The number of hydrogen-bond acceptors (Lipinski definition) is 6. The summed E-state index contributed by atoms with van der Waals surface area (Å²) in [5, 5.41) is 17.1. The summed E-state index contributed by atoms with van der Waals surface area (Å²) in [5.74, 6) is 0.613. The zero-order valence-corrected chi connectivity index (χ0v) is 11.5. The highest BCUT2D eigenvalue weighted by Gasteiger charge is 2.26. The average molecular weight is 285 g/mol. The first-order valence-corrected chi connectivity index (χ1v) is 6.73. The lowest BCUT2D eigenvalue weighted by Gasteiger charge is -2.08. The van der Waals surface area contributed by atoms with E-state index in [1.54, 1.807) is 0 Å². The van der Waals surface area contributed by atoms with Gasteiger partial charge in [-0.15, -0.1) is 0 Å². The quantitative estimate of drug-likeness (QED) is 0.648. The van der Waals surface area contributed by atoms with Crippen LogP contribution >= 0.6 is 0 Å². The highest BCUT2D eigenvalue weighted by atomic mass is 16.6. The maximum absolute atomic E-state index is 11.0. The van der Waals surface area contributed by atoms with Crippen molar-refractivity contribution in [1.82, 2.24) is 9.97 Å². The number of hydrogen-bond donors (Lipinski definition) is 2. The molecular formula is C14H15N5O2. The van der Waals surface area contributed by atoms with Crippen molar-refractivity contribution >= 4 is 23.1 Å². The molecule has 0 radical (unpaired) electrons. The summed E-state index contributed by atoms with van der Waals surface area (Å²) in [6.45, 7) is 1.99. The second-order valence-corrected chi connectivity index (χ2v) is 5.10. The summed E-state index contributed by atoms with van der Waals surface area (Å²) in [6, 6.07) is 8.05. The molecule has 7 heteroatoms. The Labute approximate surface area is 121 Å². The van der Waals surface area contributed by atoms with Crippen LogP contribution in [0.5, 0.6) is 0 Å². The second kappa shape index (κ2) is 5.35. The molecule has 1 heterocycles. The topological polar surface area (TPSA) is 93.0 Å². The molecular weight excluding hydrogens is 270 g/mol. The van der Waals surface area contributed by atoms with Crippen LogP contribution in [0.1, 0.15) is 18.4 Å². The Hall–Kier alpha value is -2.70. The molecule has 2 aromatic rings. The van der Waals surface area contributed by atoms with E-state index >= 15 is 0 Å². The number of nitro groups is 1. The normalized spacial score (nSPS) is 13.8. The molecule has 7 nitrogen and oxygen atoms in total. The highest BCUT2D eigenvalue weighted by Crippen LogP contribution is 2.29. The van der Waals surface area contributed by atoms with E-state index in [9.17, 15) is 10.1 Å². The monoisotopic (exact) mass is 285 g/mol. The molecule has 3 rings (SSSR count). The predicted molar refractivity (Wildman–Crippen MR) is 79.8 cm³/mol. The van der Waals surface area contributed by atoms with Crippen LogP contribution in [0.4, 0.5) is 23.1 Å². The minimum atomic E-state index is -0.471. The molecule has 1 aromatic heterocycles. The van der Waals surface area contributed by atoms with Gasteiger partial charge in [0.15, 0.2) is 0 Å². The Morgan fingerprint density at radius 1 is 1.38 bits per heavy atom. The van der Waals surface area contributed by atoms with Gasteiger partial charge in [0.2, 0.25) is 11.8 Å². The van der Waals surface area contributed by atoms with E-state index in [0.717, 1.165) is 24.1 Å². The van der Waals surface area contributed by atoms with E-state index in [2.05, 4.69) is 20.6 Å². The van der Waals surface area contributed by atoms with Crippen molar-refractivity contribution in [2.24, 2.45) is 0 Å². The predicted octanol–water partition coefficient (Wildman–Crippen LogP) is 3.01. The van der Waals surface area contributed by atoms with Crippen LogP contribution in [0, 0.1) is 17.0 Å². The smallest absolute Gasteiger partial charge is 0.329 e. The lowest BCUT2D eigenvalue weighted by Crippen LogP contribution is -2.09. The molecule has 21 heavy (non-hydrogen) atoms. The number of benzene rings is 1. The van der Waals surface area contributed by atoms with Crippen LogP contribution in [0.15, 0.2) is 30.5 Å². The molecule has 1 fully saturated rings. The van der Waals surface area contributed by atoms with E-state index in [1.807, 2.05) is 31.2 Å². The summed E-state index contributed by atoms with van der Waals surface area (Å²) >= 11 is 0. The molecule has 0 bridgehead atoms. The Balaban J connectivity index is 1.86. The van der Waals surface area contributed by atoms with Crippen molar-refractivity contribution in [3.63, 3.8) is 0 Å². The first-order chi connectivity index (χ1) is 10.1. The van der Waals surface area contributed by atoms with Crippen molar-refractivity contribution in [2.45, 2.75) is 25.8 Å². The minimum absolute atomic E-state index is 0.100. The van der Waals surface area contributed by atoms with Crippen LogP contribution in [0.2, 0.25) is 0 Å². The number of nitrogens with zero attached hydrogens (tertiary/aromatic N) is 3. The van der Waals surface area contributed by atoms with E-state index in [1.165, 1.54) is 6.20 Å². The largest absolute Gasteiger partial charge is 0.361 e. The van der Waals surface area contributed by atoms with E-state index in [0.29, 0.717) is 5.95 Å². The molecule has 108 valence electrons. The lowest BCUT2D eigenvalue weighted by atomic mass is 10.2. The van der Waals surface area contributed by atoms with Crippen molar-refractivity contribution < 1.29 is 4.92 Å². The summed E-state index contributed by atoms with van der Waals surface area (Å²) in [4.78, 5) is 18.8. The summed E-state index contributed by atoms with van der Waals surface area (Å²) in [7, 11) is 0. The molecule has 0 unspecified atom stereocenters. The number of nitrogens with one attached hydrogen (secondary N) is 2. The van der Waals surface area contributed by atoms with Gasteiger partial charge >= 0.3 is 5.69 Å². The molecule has 0 atom stereocenters. The maximum Gasteiger partial charge on any atom is 0.329 e. The molecule has 1 aliphatic carbocycles. The zero-order chi connectivity index (χ0) is 14.8. The van der Waals surface area contributed by atoms with Gasteiger partial charge in [-0.1, -0.05) is 12.1 Å². The van der Waals surface area contributed by atoms with Gasteiger partial charge < -0.3 is 10.6 Å². The molecule has 0 amide bonds. The van der Waals surface area contributed by atoms with E-state index in [4.69, 9.17) is 0 Å². The van der Waals surface area contributed by atoms with Crippen molar-refractivity contribution in [3.05, 3.63) is 46.1 Å². The van der Waals surface area contributed by atoms with E-state index in [-0.39, 0.29) is 17.5 Å². The fraction of sp³-hybridized carbons (Fsp3) is 0.286. The molecule has 0 aliphatic heterocycles. The van der Waals surface area contributed by atoms with Gasteiger partial charge in [0, 0.05) is 11.7 Å². The van der Waals surface area contributed by atoms with Crippen LogP contribution in [0.25, 0.3) is 0 Å². The first-order valence-electron chi connectivity index (χ1n) is 6.73. The van der Waals surface area contributed by atoms with Gasteiger partial charge in [-0.2, -0.15) is 4.98 Å². The Morgan fingerprint density at radius 3 is 2.86 bits per heavy atom. The summed E-state index contributed by atoms with van der Waals surface area (Å²) in [6.07, 6.45) is 3.26. The van der Waals surface area contributed by atoms with Gasteiger partial charge in [0.25, 0.3) is 0 Å². The Kier molecular flexibility index (Phi) is 3.39. The number of aryl methyl sites for hydroxylation is 1. The number of rotatable bonds is 5. The number of anilines is 3. The Morgan fingerprint density at radius 2 is 2.19 bits per heavy atom. The van der Waals surface area contributed by atoms with Crippen LogP contribution in [-0.2, 0) is 0 Å². The lowest BCUT2D eigenvalue weighted by molar-refractivity contribution is -0.384. The fourth-order valence-electron chi connectivity index (χ4n) is 1.95. The molecule has 1 saturated carbocycles. The molecule has 1 aliphatic rings. The molecule has 0 saturated heterocycles. The third-order valence-electron chi connectivity index (χ3n) is 3.16. The summed E-state index contributed by atoms with van der Waals surface area (Å²) in [5.41, 5.74) is 1.86. The van der Waals surface area contributed by atoms with Crippen LogP contribution in [0.3, 0.4) is 0 Å². The third kappa shape index (κ3) is 3.25. The summed E-state index contributed by atoms with van der Waals surface area (Å²) < 4.78 is 0. The number of aromatic nitrogens is 2. The SMILES string of the molecule is Cc1cccc(Nc2ncc([N+](=O)[O-])c(NC3CC3)n2)c1. The van der Waals surface area contributed by atoms with Crippen molar-refractivity contribution in [1.29, 1.82) is 0 Å². The standard InChI is InChI=1S/C14H15N5O2/c1-9-3-2-4-11(7-9)17-14-15-8-12(19(20)21)13(18-14)16-10-5-6-10/h2-4,7-8,10H,5-6H2,1H3,(H2,15,16,17,18). The van der Waals surface area contributed by atoms with E-state index < -0.39 is 4.92 Å². The van der Waals surface area contributed by atoms with Gasteiger partial charge in [-0.3, -0.25) is 10.1 Å². The molecule has 2 N–H and O–H groups in total. The van der Waals surface area contributed by atoms with Crippen molar-refractivity contribution in [3.8, 4) is 0 Å². The maximum atomic E-state index is 11.0. The van der Waals surface area contributed by atoms with Crippen molar-refractivity contribution in [2.75, 3.05) is 10.6 Å². The minimum Gasteiger partial charge on any atom is -0.361 e. The second-order valence-electron chi connectivity index (χ2n) is 5.10. The van der Waals surface area contributed by atoms with Gasteiger partial charge in [0.1, 0.15) is 6.20 Å². The fourth-order valence-corrected chi connectivity index (χ4v) is 1.95. The molecule has 1 aromatic carbocycles.